The highest BCUT2D eigenvalue weighted by molar-refractivity contribution is 6.62. The number of hydrogen-bond acceptors (Lipinski definition) is 4. The average Bonchev–Trinajstić information content (AvgIpc) is 3.15. The van der Waals surface area contributed by atoms with E-state index < -0.39 is 7.12 Å². The van der Waals surface area contributed by atoms with E-state index in [0.717, 1.165) is 29.7 Å². The summed E-state index contributed by atoms with van der Waals surface area (Å²) in [5.41, 5.74) is 1.16. The van der Waals surface area contributed by atoms with Gasteiger partial charge in [0.25, 0.3) is 0 Å². The third-order valence-electron chi connectivity index (χ3n) is 4.93. The summed E-state index contributed by atoms with van der Waals surface area (Å²) in [6.07, 6.45) is 4.46. The minimum atomic E-state index is -0.400. The maximum atomic E-state index is 6.13. The van der Waals surface area contributed by atoms with Crippen molar-refractivity contribution < 1.29 is 14.0 Å². The summed E-state index contributed by atoms with van der Waals surface area (Å²) in [5.74, 6) is 0.868. The molecular formula is C18H28BNO3. The first-order valence-corrected chi connectivity index (χ1v) is 8.52. The Bertz CT molecular complexity index is 587. The summed E-state index contributed by atoms with van der Waals surface area (Å²) < 4.78 is 18.4. The number of pyridine rings is 1. The van der Waals surface area contributed by atoms with Crippen LogP contribution < -0.4 is 10.2 Å². The first kappa shape index (κ1) is 16.8. The summed E-state index contributed by atoms with van der Waals surface area (Å²) in [6.45, 7) is 14.7. The lowest BCUT2D eigenvalue weighted by Crippen LogP contribution is -2.41. The minimum Gasteiger partial charge on any atom is -0.489 e. The van der Waals surface area contributed by atoms with Gasteiger partial charge in [-0.2, -0.15) is 0 Å². The van der Waals surface area contributed by atoms with E-state index in [4.69, 9.17) is 14.0 Å². The van der Waals surface area contributed by atoms with E-state index in [9.17, 15) is 0 Å². The van der Waals surface area contributed by atoms with Gasteiger partial charge < -0.3 is 14.0 Å². The van der Waals surface area contributed by atoms with Crippen molar-refractivity contribution in [3.63, 3.8) is 0 Å². The third-order valence-corrected chi connectivity index (χ3v) is 4.93. The van der Waals surface area contributed by atoms with Gasteiger partial charge in [0.1, 0.15) is 5.75 Å². The van der Waals surface area contributed by atoms with Crippen molar-refractivity contribution in [3.8, 4) is 5.75 Å². The van der Waals surface area contributed by atoms with E-state index in [1.165, 1.54) is 0 Å². The van der Waals surface area contributed by atoms with Crippen LogP contribution in [0.15, 0.2) is 12.3 Å². The average molecular weight is 317 g/mol. The highest BCUT2D eigenvalue weighted by atomic mass is 16.7. The SMILES string of the molecule is CC(C)(C)c1ncc(B2OC(C)(C)C(C)(C)O2)cc1OC1CC1. The zero-order chi connectivity index (χ0) is 17.0. The van der Waals surface area contributed by atoms with Gasteiger partial charge in [-0.25, -0.2) is 0 Å². The summed E-state index contributed by atoms with van der Waals surface area (Å²) >= 11 is 0. The molecule has 1 aromatic rings. The van der Waals surface area contributed by atoms with Gasteiger partial charge in [0, 0.05) is 17.1 Å². The molecule has 0 unspecified atom stereocenters. The molecular weight excluding hydrogens is 289 g/mol. The Morgan fingerprint density at radius 2 is 1.70 bits per heavy atom. The predicted octanol–water partition coefficient (Wildman–Crippen LogP) is 3.22. The van der Waals surface area contributed by atoms with Crippen LogP contribution in [-0.2, 0) is 14.7 Å². The molecule has 126 valence electrons. The summed E-state index contributed by atoms with van der Waals surface area (Å²) in [6, 6.07) is 2.05. The molecule has 0 radical (unpaired) electrons. The van der Waals surface area contributed by atoms with Crippen molar-refractivity contribution in [1.82, 2.24) is 4.98 Å². The van der Waals surface area contributed by atoms with Gasteiger partial charge in [-0.1, -0.05) is 20.8 Å². The smallest absolute Gasteiger partial charge is 0.489 e. The number of hydrogen-bond donors (Lipinski definition) is 0. The second kappa shape index (κ2) is 5.22. The largest absolute Gasteiger partial charge is 0.496 e. The van der Waals surface area contributed by atoms with Gasteiger partial charge in [-0.05, 0) is 46.6 Å². The van der Waals surface area contributed by atoms with Gasteiger partial charge in [-0.15, -0.1) is 0 Å². The Balaban J connectivity index is 1.92. The lowest BCUT2D eigenvalue weighted by Gasteiger charge is -2.32. The van der Waals surface area contributed by atoms with Crippen LogP contribution in [0, 0.1) is 0 Å². The molecule has 2 heterocycles. The minimum absolute atomic E-state index is 0.0569. The predicted molar refractivity (Wildman–Crippen MR) is 92.3 cm³/mol. The lowest BCUT2D eigenvalue weighted by atomic mass is 9.79. The maximum Gasteiger partial charge on any atom is 0.496 e. The number of rotatable bonds is 3. The molecule has 0 N–H and O–H groups in total. The number of nitrogens with zero attached hydrogens (tertiary/aromatic N) is 1. The van der Waals surface area contributed by atoms with E-state index >= 15 is 0 Å². The van der Waals surface area contributed by atoms with Crippen molar-refractivity contribution in [1.29, 1.82) is 0 Å². The molecule has 0 aromatic carbocycles. The molecule has 0 spiro atoms. The normalized spacial score (nSPS) is 23.2. The summed E-state index contributed by atoms with van der Waals surface area (Å²) in [4.78, 5) is 4.69. The highest BCUT2D eigenvalue weighted by Crippen LogP contribution is 2.38. The maximum absolute atomic E-state index is 6.13. The van der Waals surface area contributed by atoms with E-state index in [0.29, 0.717) is 6.10 Å². The molecule has 4 nitrogen and oxygen atoms in total. The van der Waals surface area contributed by atoms with Crippen LogP contribution in [0.25, 0.3) is 0 Å². The van der Waals surface area contributed by atoms with Crippen molar-refractivity contribution >= 4 is 12.6 Å². The van der Waals surface area contributed by atoms with Crippen LogP contribution in [0.3, 0.4) is 0 Å². The Morgan fingerprint density at radius 1 is 1.13 bits per heavy atom. The van der Waals surface area contributed by atoms with Crippen molar-refractivity contribution in [2.45, 2.75) is 84.0 Å². The Morgan fingerprint density at radius 3 is 2.17 bits per heavy atom. The molecule has 1 saturated heterocycles. The van der Waals surface area contributed by atoms with Gasteiger partial charge in [0.05, 0.1) is 23.0 Å². The van der Waals surface area contributed by atoms with Crippen LogP contribution in [0.4, 0.5) is 0 Å². The van der Waals surface area contributed by atoms with Crippen molar-refractivity contribution in [3.05, 3.63) is 18.0 Å². The molecule has 2 fully saturated rings. The van der Waals surface area contributed by atoms with Crippen molar-refractivity contribution in [2.24, 2.45) is 0 Å². The fourth-order valence-corrected chi connectivity index (χ4v) is 2.59. The molecule has 2 aliphatic rings. The second-order valence-electron chi connectivity index (χ2n) is 8.77. The molecule has 0 bridgehead atoms. The zero-order valence-corrected chi connectivity index (χ0v) is 15.4. The quantitative estimate of drug-likeness (QED) is 0.803. The topological polar surface area (TPSA) is 40.6 Å². The Kier molecular flexibility index (Phi) is 3.81. The van der Waals surface area contributed by atoms with Crippen LogP contribution in [0.5, 0.6) is 5.75 Å². The molecule has 23 heavy (non-hydrogen) atoms. The van der Waals surface area contributed by atoms with E-state index in [-0.39, 0.29) is 16.6 Å². The van der Waals surface area contributed by atoms with Gasteiger partial charge >= 0.3 is 7.12 Å². The third kappa shape index (κ3) is 3.27. The molecule has 1 aliphatic carbocycles. The van der Waals surface area contributed by atoms with Crippen LogP contribution in [0.1, 0.15) is 67.0 Å². The number of aromatic nitrogens is 1. The summed E-state index contributed by atoms with van der Waals surface area (Å²) in [7, 11) is -0.400. The van der Waals surface area contributed by atoms with E-state index in [2.05, 4.69) is 53.5 Å². The first-order valence-electron chi connectivity index (χ1n) is 8.52. The lowest BCUT2D eigenvalue weighted by molar-refractivity contribution is 0.00578. The molecule has 0 amide bonds. The van der Waals surface area contributed by atoms with E-state index in [1.807, 2.05) is 12.3 Å². The van der Waals surface area contributed by atoms with Crippen molar-refractivity contribution in [2.75, 3.05) is 0 Å². The molecule has 0 atom stereocenters. The van der Waals surface area contributed by atoms with E-state index in [1.54, 1.807) is 0 Å². The first-order chi connectivity index (χ1) is 10.5. The number of ether oxygens (including phenoxy) is 1. The molecule has 3 rings (SSSR count). The second-order valence-corrected chi connectivity index (χ2v) is 8.77. The Labute approximate surface area is 140 Å². The highest BCUT2D eigenvalue weighted by Gasteiger charge is 2.52. The van der Waals surface area contributed by atoms with Gasteiger partial charge in [0.15, 0.2) is 0 Å². The molecule has 1 saturated carbocycles. The van der Waals surface area contributed by atoms with Gasteiger partial charge in [-0.3, -0.25) is 4.98 Å². The molecule has 1 aliphatic heterocycles. The fraction of sp³-hybridized carbons (Fsp3) is 0.722. The molecule has 1 aromatic heterocycles. The fourth-order valence-electron chi connectivity index (χ4n) is 2.59. The Hall–Kier alpha value is -1.07. The zero-order valence-electron chi connectivity index (χ0n) is 15.4. The van der Waals surface area contributed by atoms with Crippen LogP contribution >= 0.6 is 0 Å². The van der Waals surface area contributed by atoms with Crippen LogP contribution in [-0.4, -0.2) is 29.4 Å². The van der Waals surface area contributed by atoms with Crippen LogP contribution in [0.2, 0.25) is 0 Å². The summed E-state index contributed by atoms with van der Waals surface area (Å²) in [5, 5.41) is 0. The van der Waals surface area contributed by atoms with Gasteiger partial charge in [0.2, 0.25) is 0 Å². The molecule has 5 heteroatoms. The monoisotopic (exact) mass is 317 g/mol. The standard InChI is InChI=1S/C18H28BNO3/c1-16(2,3)15-14(21-13-8-9-13)10-12(11-20-15)19-22-17(4,5)18(6,7)23-19/h10-11,13H,8-9H2,1-7H3.